The van der Waals surface area contributed by atoms with Crippen molar-refractivity contribution in [1.29, 1.82) is 5.26 Å². The molecule has 0 amide bonds. The van der Waals surface area contributed by atoms with Gasteiger partial charge in [0.05, 0.1) is 49.7 Å². The lowest BCUT2D eigenvalue weighted by Crippen LogP contribution is -1.96. The number of thiazole rings is 2. The summed E-state index contributed by atoms with van der Waals surface area (Å²) >= 11 is 3.42. The van der Waals surface area contributed by atoms with E-state index < -0.39 is 0 Å². The molecule has 0 saturated carbocycles. The van der Waals surface area contributed by atoms with Crippen LogP contribution in [0.2, 0.25) is 0 Å². The van der Waals surface area contributed by atoms with Crippen LogP contribution in [0.3, 0.4) is 0 Å². The molecule has 0 saturated heterocycles. The van der Waals surface area contributed by atoms with E-state index in [0.29, 0.717) is 11.3 Å². The highest BCUT2D eigenvalue weighted by Gasteiger charge is 2.18. The average molecular weight is 712 g/mol. The maximum Gasteiger partial charge on any atom is 0.187 e. The third-order valence-corrected chi connectivity index (χ3v) is 11.9. The van der Waals surface area contributed by atoms with Crippen molar-refractivity contribution in [2.24, 2.45) is 0 Å². The molecule has 0 radical (unpaired) electrons. The van der Waals surface area contributed by atoms with Crippen molar-refractivity contribution in [3.05, 3.63) is 169 Å². The summed E-state index contributed by atoms with van der Waals surface area (Å²) in [7, 11) is 0. The Morgan fingerprint density at radius 1 is 0.528 bits per heavy atom. The minimum Gasteiger partial charge on any atom is -0.309 e. The summed E-state index contributed by atoms with van der Waals surface area (Å²) in [6.45, 7) is 7.47. The Labute approximate surface area is 312 Å². The summed E-state index contributed by atoms with van der Waals surface area (Å²) in [6, 6.07) is 54.3. The molecule has 0 N–H and O–H groups in total. The molecule has 3 aromatic heterocycles. The third kappa shape index (κ3) is 5.35. The van der Waals surface area contributed by atoms with E-state index in [1.165, 1.54) is 9.40 Å². The average Bonchev–Trinajstić information content (AvgIpc) is 3.94. The molecular formula is C46H25N5S2. The van der Waals surface area contributed by atoms with Crippen LogP contribution < -0.4 is 0 Å². The second-order valence-electron chi connectivity index (χ2n) is 12.9. The molecule has 0 unspecified atom stereocenters. The number of rotatable bonds is 5. The van der Waals surface area contributed by atoms with Crippen molar-refractivity contribution in [1.82, 2.24) is 14.5 Å². The highest BCUT2D eigenvalue weighted by atomic mass is 32.1. The van der Waals surface area contributed by atoms with Gasteiger partial charge in [0.2, 0.25) is 0 Å². The maximum absolute atomic E-state index is 9.48. The molecule has 7 aromatic carbocycles. The lowest BCUT2D eigenvalue weighted by atomic mass is 9.97. The Bertz CT molecular complexity index is 2860. The molecule has 0 aliphatic rings. The predicted molar refractivity (Wildman–Crippen MR) is 220 cm³/mol. The van der Waals surface area contributed by atoms with Crippen LogP contribution in [0.5, 0.6) is 0 Å². The smallest absolute Gasteiger partial charge is 0.187 e. The van der Waals surface area contributed by atoms with Gasteiger partial charge >= 0.3 is 0 Å². The Hall–Kier alpha value is -6.90. The Kier molecular flexibility index (Phi) is 7.23. The molecule has 0 aliphatic carbocycles. The second-order valence-corrected chi connectivity index (χ2v) is 15.0. The van der Waals surface area contributed by atoms with Crippen molar-refractivity contribution < 1.29 is 0 Å². The van der Waals surface area contributed by atoms with Gasteiger partial charge in [0, 0.05) is 27.6 Å². The fraction of sp³-hybridized carbons (Fsp3) is 0. The summed E-state index contributed by atoms with van der Waals surface area (Å²) in [5.41, 5.74) is 12.7. The molecule has 7 heteroatoms. The third-order valence-electron chi connectivity index (χ3n) is 9.70. The van der Waals surface area contributed by atoms with E-state index in [2.05, 4.69) is 106 Å². The second kappa shape index (κ2) is 12.4. The highest BCUT2D eigenvalue weighted by Crippen LogP contribution is 2.41. The van der Waals surface area contributed by atoms with E-state index in [4.69, 9.17) is 16.5 Å². The Morgan fingerprint density at radius 3 is 1.51 bits per heavy atom. The first-order chi connectivity index (χ1) is 26.1. The fourth-order valence-electron chi connectivity index (χ4n) is 7.10. The monoisotopic (exact) mass is 711 g/mol. The van der Waals surface area contributed by atoms with E-state index >= 15 is 0 Å². The van der Waals surface area contributed by atoms with Crippen molar-refractivity contribution >= 4 is 70.6 Å². The number of nitriles is 1. The largest absolute Gasteiger partial charge is 0.309 e. The quantitative estimate of drug-likeness (QED) is 0.167. The van der Waals surface area contributed by atoms with Crippen LogP contribution in [0.4, 0.5) is 5.69 Å². The van der Waals surface area contributed by atoms with Gasteiger partial charge in [-0.05, 0) is 113 Å². The lowest BCUT2D eigenvalue weighted by molar-refractivity contribution is 1.18. The van der Waals surface area contributed by atoms with Gasteiger partial charge in [0.1, 0.15) is 10.0 Å². The van der Waals surface area contributed by atoms with Gasteiger partial charge in [0.25, 0.3) is 0 Å². The maximum atomic E-state index is 9.48. The molecule has 5 nitrogen and oxygen atoms in total. The summed E-state index contributed by atoms with van der Waals surface area (Å²) in [5, 5.41) is 13.7. The summed E-state index contributed by atoms with van der Waals surface area (Å²) in [4.78, 5) is 13.6. The summed E-state index contributed by atoms with van der Waals surface area (Å²) < 4.78 is 4.68. The van der Waals surface area contributed by atoms with Crippen molar-refractivity contribution in [2.75, 3.05) is 0 Å². The van der Waals surface area contributed by atoms with E-state index in [0.717, 1.165) is 81.9 Å². The zero-order valence-corrected chi connectivity index (χ0v) is 29.6. The van der Waals surface area contributed by atoms with Gasteiger partial charge in [-0.15, -0.1) is 22.7 Å². The van der Waals surface area contributed by atoms with E-state index in [-0.39, 0.29) is 0 Å². The molecule has 0 fully saturated rings. The number of fused-ring (bicyclic) bond motifs is 5. The van der Waals surface area contributed by atoms with Crippen LogP contribution >= 0.6 is 22.7 Å². The van der Waals surface area contributed by atoms with Crippen LogP contribution in [0.1, 0.15) is 5.56 Å². The minimum atomic E-state index is 0.604. The molecule has 10 rings (SSSR count). The van der Waals surface area contributed by atoms with E-state index in [9.17, 15) is 5.26 Å². The van der Waals surface area contributed by atoms with Crippen molar-refractivity contribution in [2.45, 2.75) is 0 Å². The Morgan fingerprint density at radius 2 is 1.02 bits per heavy atom. The zero-order valence-electron chi connectivity index (χ0n) is 28.0. The summed E-state index contributed by atoms with van der Waals surface area (Å²) in [6.07, 6.45) is 0. The molecule has 0 bridgehead atoms. The van der Waals surface area contributed by atoms with Gasteiger partial charge in [-0.2, -0.15) is 5.26 Å². The molecule has 10 aromatic rings. The molecule has 246 valence electrons. The normalized spacial score (nSPS) is 11.4. The first-order valence-corrected chi connectivity index (χ1v) is 18.7. The Balaban J connectivity index is 1.23. The van der Waals surface area contributed by atoms with Gasteiger partial charge < -0.3 is 4.57 Å². The van der Waals surface area contributed by atoms with Crippen LogP contribution in [0.15, 0.2) is 152 Å². The minimum absolute atomic E-state index is 0.604. The summed E-state index contributed by atoms with van der Waals surface area (Å²) in [5.74, 6) is 0. The van der Waals surface area contributed by atoms with Crippen LogP contribution in [0.25, 0.3) is 96.2 Å². The van der Waals surface area contributed by atoms with Gasteiger partial charge in [-0.3, -0.25) is 0 Å². The van der Waals surface area contributed by atoms with E-state index in [1.807, 2.05) is 60.7 Å². The topological polar surface area (TPSA) is 58.9 Å². The zero-order chi connectivity index (χ0) is 35.5. The highest BCUT2D eigenvalue weighted by molar-refractivity contribution is 7.22. The first kappa shape index (κ1) is 30.9. The molecule has 0 spiro atoms. The van der Waals surface area contributed by atoms with Crippen LogP contribution in [0, 0.1) is 17.9 Å². The van der Waals surface area contributed by atoms with Crippen LogP contribution in [-0.4, -0.2) is 14.5 Å². The standard InChI is InChI=1S/C46H25N5S2/c1-48-35-18-14-30(15-19-35)34-22-33(29-12-10-28(27-47)11-13-29)23-36(24-34)51-41-20-16-31(45-49-39-6-2-4-8-43(39)52-45)25-37(41)38-26-32(17-21-42(38)51)46-50-40-7-3-5-9-44(40)53-46/h2-26H. The lowest BCUT2D eigenvalue weighted by Gasteiger charge is -2.14. The number of nitrogens with zero attached hydrogens (tertiary/aromatic N) is 5. The SMILES string of the molecule is [C-]#[N+]c1ccc(-c2cc(-c3ccc(C#N)cc3)cc(-n3c4ccc(-c5nc6ccccc6s5)cc4c4cc(-c5nc6ccccc6s5)ccc43)c2)cc1. The molecule has 3 heterocycles. The molecular weight excluding hydrogens is 687 g/mol. The van der Waals surface area contributed by atoms with Crippen molar-refractivity contribution in [3.63, 3.8) is 0 Å². The number of para-hydroxylation sites is 2. The number of hydrogen-bond acceptors (Lipinski definition) is 5. The van der Waals surface area contributed by atoms with E-state index in [1.54, 1.807) is 22.7 Å². The number of benzene rings is 7. The fourth-order valence-corrected chi connectivity index (χ4v) is 9.02. The van der Waals surface area contributed by atoms with Crippen LogP contribution in [-0.2, 0) is 0 Å². The predicted octanol–water partition coefficient (Wildman–Crippen LogP) is 13.1. The number of hydrogen-bond donors (Lipinski definition) is 0. The van der Waals surface area contributed by atoms with Gasteiger partial charge in [0.15, 0.2) is 5.69 Å². The molecule has 53 heavy (non-hydrogen) atoms. The molecule has 0 aliphatic heterocycles. The first-order valence-electron chi connectivity index (χ1n) is 17.1. The number of aromatic nitrogens is 3. The van der Waals surface area contributed by atoms with Crippen molar-refractivity contribution in [3.8, 4) is 55.2 Å². The van der Waals surface area contributed by atoms with Gasteiger partial charge in [-0.25, -0.2) is 14.8 Å². The molecule has 0 atom stereocenters. The van der Waals surface area contributed by atoms with Gasteiger partial charge in [-0.1, -0.05) is 60.7 Å².